The zero-order chi connectivity index (χ0) is 12.1. The van der Waals surface area contributed by atoms with Gasteiger partial charge in [-0.1, -0.05) is 12.1 Å². The lowest BCUT2D eigenvalue weighted by molar-refractivity contribution is -0.116. The topological polar surface area (TPSA) is 49.3 Å². The van der Waals surface area contributed by atoms with E-state index in [4.69, 9.17) is 0 Å². The van der Waals surface area contributed by atoms with Crippen molar-refractivity contribution in [2.75, 3.05) is 5.32 Å². The number of anilines is 1. The summed E-state index contributed by atoms with van der Waals surface area (Å²) < 4.78 is 0. The second-order valence-electron chi connectivity index (χ2n) is 3.70. The van der Waals surface area contributed by atoms with Gasteiger partial charge in [0.25, 0.3) is 0 Å². The van der Waals surface area contributed by atoms with Gasteiger partial charge in [-0.05, 0) is 40.9 Å². The van der Waals surface area contributed by atoms with Crippen molar-refractivity contribution in [1.82, 2.24) is 0 Å². The van der Waals surface area contributed by atoms with Crippen LogP contribution in [0.25, 0.3) is 0 Å². The first-order valence-electron chi connectivity index (χ1n) is 5.34. The van der Waals surface area contributed by atoms with Crippen molar-refractivity contribution in [3.05, 3.63) is 46.7 Å². The highest BCUT2D eigenvalue weighted by Gasteiger charge is 2.05. The molecule has 0 spiro atoms. The Balaban J connectivity index is 1.87. The number of hydrogen-bond donors (Lipinski definition) is 2. The molecule has 1 heterocycles. The maximum atomic E-state index is 11.6. The normalized spacial score (nSPS) is 10.1. The Morgan fingerprint density at radius 2 is 2.12 bits per heavy atom. The van der Waals surface area contributed by atoms with Crippen LogP contribution in [-0.2, 0) is 11.2 Å². The lowest BCUT2D eigenvalue weighted by Gasteiger charge is -2.06. The van der Waals surface area contributed by atoms with E-state index in [0.717, 1.165) is 6.42 Å². The summed E-state index contributed by atoms with van der Waals surface area (Å²) in [6.45, 7) is 0. The molecule has 0 bridgehead atoms. The number of rotatable bonds is 4. The van der Waals surface area contributed by atoms with Crippen molar-refractivity contribution in [2.45, 2.75) is 12.8 Å². The number of hydrogen-bond acceptors (Lipinski definition) is 3. The highest BCUT2D eigenvalue weighted by Crippen LogP contribution is 2.21. The number of amides is 1. The molecule has 2 N–H and O–H groups in total. The maximum Gasteiger partial charge on any atom is 0.224 e. The van der Waals surface area contributed by atoms with Gasteiger partial charge in [0.05, 0.1) is 5.69 Å². The molecule has 0 saturated carbocycles. The first kappa shape index (κ1) is 11.7. The number of benzene rings is 1. The van der Waals surface area contributed by atoms with Crippen molar-refractivity contribution < 1.29 is 9.90 Å². The summed E-state index contributed by atoms with van der Waals surface area (Å²) in [4.78, 5) is 11.6. The van der Waals surface area contributed by atoms with Crippen molar-refractivity contribution in [1.29, 1.82) is 0 Å². The summed E-state index contributed by atoms with van der Waals surface area (Å²) in [7, 11) is 0. The van der Waals surface area contributed by atoms with Crippen LogP contribution in [0.2, 0.25) is 0 Å². The van der Waals surface area contributed by atoms with E-state index in [1.54, 1.807) is 35.6 Å². The SMILES string of the molecule is O=C(CCc1ccsc1)Nc1ccccc1O. The maximum absolute atomic E-state index is 11.6. The Morgan fingerprint density at radius 3 is 2.82 bits per heavy atom. The van der Waals surface area contributed by atoms with Gasteiger partial charge in [-0.25, -0.2) is 0 Å². The molecular weight excluding hydrogens is 234 g/mol. The second kappa shape index (κ2) is 5.50. The highest BCUT2D eigenvalue weighted by molar-refractivity contribution is 7.07. The Kier molecular flexibility index (Phi) is 3.77. The molecule has 0 unspecified atom stereocenters. The van der Waals surface area contributed by atoms with Gasteiger partial charge in [-0.15, -0.1) is 0 Å². The molecule has 0 saturated heterocycles. The zero-order valence-corrected chi connectivity index (χ0v) is 10.0. The van der Waals surface area contributed by atoms with E-state index in [1.807, 2.05) is 16.8 Å². The van der Waals surface area contributed by atoms with Crippen molar-refractivity contribution in [3.8, 4) is 5.75 Å². The van der Waals surface area contributed by atoms with Crippen LogP contribution in [0, 0.1) is 0 Å². The van der Waals surface area contributed by atoms with Crippen LogP contribution in [0.1, 0.15) is 12.0 Å². The largest absolute Gasteiger partial charge is 0.506 e. The molecule has 3 nitrogen and oxygen atoms in total. The van der Waals surface area contributed by atoms with Gasteiger partial charge in [0, 0.05) is 6.42 Å². The van der Waals surface area contributed by atoms with Crippen molar-refractivity contribution in [2.24, 2.45) is 0 Å². The van der Waals surface area contributed by atoms with E-state index < -0.39 is 0 Å². The summed E-state index contributed by atoms with van der Waals surface area (Å²) in [6, 6.07) is 8.73. The number of nitrogens with one attached hydrogen (secondary N) is 1. The predicted molar refractivity (Wildman–Crippen MR) is 69.4 cm³/mol. The molecular formula is C13H13NO2S. The summed E-state index contributed by atoms with van der Waals surface area (Å²) in [5, 5.41) is 16.2. The molecule has 0 radical (unpaired) electrons. The minimum absolute atomic E-state index is 0.0855. The lowest BCUT2D eigenvalue weighted by atomic mass is 10.2. The molecule has 0 atom stereocenters. The number of thiophene rings is 1. The average molecular weight is 247 g/mol. The number of aromatic hydroxyl groups is 1. The highest BCUT2D eigenvalue weighted by atomic mass is 32.1. The van der Waals surface area contributed by atoms with Crippen molar-refractivity contribution in [3.63, 3.8) is 0 Å². The third kappa shape index (κ3) is 3.32. The quantitative estimate of drug-likeness (QED) is 0.816. The third-order valence-electron chi connectivity index (χ3n) is 2.40. The van der Waals surface area contributed by atoms with Crippen LogP contribution in [-0.4, -0.2) is 11.0 Å². The minimum atomic E-state index is -0.0855. The number of para-hydroxylation sites is 2. The molecule has 0 aliphatic rings. The molecule has 2 rings (SSSR count). The van der Waals surface area contributed by atoms with Crippen LogP contribution in [0.3, 0.4) is 0 Å². The third-order valence-corrected chi connectivity index (χ3v) is 3.13. The Labute approximate surface area is 104 Å². The van der Waals surface area contributed by atoms with Crippen molar-refractivity contribution >= 4 is 22.9 Å². The molecule has 0 aliphatic heterocycles. The van der Waals surface area contributed by atoms with Crippen LogP contribution in [0.15, 0.2) is 41.1 Å². The number of phenolic OH excluding ortho intramolecular Hbond substituents is 1. The molecule has 1 aromatic carbocycles. The Bertz CT molecular complexity index is 494. The molecule has 1 aromatic heterocycles. The molecule has 0 fully saturated rings. The van der Waals surface area contributed by atoms with Crippen LogP contribution in [0.5, 0.6) is 5.75 Å². The first-order chi connectivity index (χ1) is 8.25. The molecule has 1 amide bonds. The second-order valence-corrected chi connectivity index (χ2v) is 4.48. The summed E-state index contributed by atoms with van der Waals surface area (Å²) in [5.74, 6) is 0.00841. The standard InChI is InChI=1S/C13H13NO2S/c15-12-4-2-1-3-11(12)14-13(16)6-5-10-7-8-17-9-10/h1-4,7-9,15H,5-6H2,(H,14,16). The molecule has 0 aliphatic carbocycles. The van der Waals surface area contributed by atoms with Gasteiger partial charge in [0.2, 0.25) is 5.91 Å². The Hall–Kier alpha value is -1.81. The van der Waals surface area contributed by atoms with Gasteiger partial charge in [0.15, 0.2) is 0 Å². The number of carbonyl (C=O) groups excluding carboxylic acids is 1. The number of aryl methyl sites for hydroxylation is 1. The predicted octanol–water partition coefficient (Wildman–Crippen LogP) is 3.03. The molecule has 2 aromatic rings. The Morgan fingerprint density at radius 1 is 1.29 bits per heavy atom. The monoisotopic (exact) mass is 247 g/mol. The van der Waals surface area contributed by atoms with Gasteiger partial charge in [0.1, 0.15) is 5.75 Å². The summed E-state index contributed by atoms with van der Waals surface area (Å²) in [5.41, 5.74) is 1.63. The van der Waals surface area contributed by atoms with E-state index in [2.05, 4.69) is 5.32 Å². The molecule has 17 heavy (non-hydrogen) atoms. The van der Waals surface area contributed by atoms with Gasteiger partial charge in [-0.3, -0.25) is 4.79 Å². The van der Waals surface area contributed by atoms with Gasteiger partial charge in [-0.2, -0.15) is 11.3 Å². The fraction of sp³-hybridized carbons (Fsp3) is 0.154. The smallest absolute Gasteiger partial charge is 0.224 e. The van der Waals surface area contributed by atoms with E-state index >= 15 is 0 Å². The number of carbonyl (C=O) groups is 1. The summed E-state index contributed by atoms with van der Waals surface area (Å²) >= 11 is 1.63. The lowest BCUT2D eigenvalue weighted by Crippen LogP contribution is -2.12. The number of phenols is 1. The fourth-order valence-electron chi connectivity index (χ4n) is 1.48. The summed E-state index contributed by atoms with van der Waals surface area (Å²) in [6.07, 6.45) is 1.15. The first-order valence-corrected chi connectivity index (χ1v) is 6.29. The van der Waals surface area contributed by atoms with Gasteiger partial charge >= 0.3 is 0 Å². The van der Waals surface area contributed by atoms with E-state index in [-0.39, 0.29) is 11.7 Å². The average Bonchev–Trinajstić information content (AvgIpc) is 2.82. The fourth-order valence-corrected chi connectivity index (χ4v) is 2.19. The van der Waals surface area contributed by atoms with E-state index in [9.17, 15) is 9.90 Å². The molecule has 4 heteroatoms. The van der Waals surface area contributed by atoms with E-state index in [0.29, 0.717) is 12.1 Å². The van der Waals surface area contributed by atoms with Gasteiger partial charge < -0.3 is 10.4 Å². The van der Waals surface area contributed by atoms with Crippen LogP contribution < -0.4 is 5.32 Å². The molecule has 88 valence electrons. The van der Waals surface area contributed by atoms with Crippen LogP contribution in [0.4, 0.5) is 5.69 Å². The zero-order valence-electron chi connectivity index (χ0n) is 9.22. The van der Waals surface area contributed by atoms with E-state index in [1.165, 1.54) is 5.56 Å². The van der Waals surface area contributed by atoms with Crippen LogP contribution >= 0.6 is 11.3 Å². The minimum Gasteiger partial charge on any atom is -0.506 e.